The van der Waals surface area contributed by atoms with Gasteiger partial charge >= 0.3 is 0 Å². The molecule has 0 aliphatic heterocycles. The smallest absolute Gasteiger partial charge is 0.0757 e. The van der Waals surface area contributed by atoms with E-state index in [-0.39, 0.29) is 10.8 Å². The van der Waals surface area contributed by atoms with E-state index in [1.807, 2.05) is 12.1 Å². The fraction of sp³-hybridized carbons (Fsp3) is 0.471. The van der Waals surface area contributed by atoms with Gasteiger partial charge in [-0.05, 0) is 17.0 Å². The second kappa shape index (κ2) is 4.49. The molecule has 0 saturated heterocycles. The van der Waals surface area contributed by atoms with Crippen LogP contribution in [-0.2, 0) is 10.8 Å². The van der Waals surface area contributed by atoms with Gasteiger partial charge in [0.1, 0.15) is 0 Å². The molecule has 0 aliphatic rings. The lowest BCUT2D eigenvalue weighted by atomic mass is 9.84. The van der Waals surface area contributed by atoms with Crippen molar-refractivity contribution >= 4 is 22.5 Å². The Kier molecular flexibility index (Phi) is 3.38. The summed E-state index contributed by atoms with van der Waals surface area (Å²) in [6.07, 6.45) is 0. The van der Waals surface area contributed by atoms with E-state index in [0.29, 0.717) is 0 Å². The second-order valence-corrected chi connectivity index (χ2v) is 7.60. The first-order chi connectivity index (χ1) is 8.60. The molecule has 0 unspecified atom stereocenters. The highest BCUT2D eigenvalue weighted by Gasteiger charge is 2.22. The number of halogens is 1. The fourth-order valence-corrected chi connectivity index (χ4v) is 2.45. The molecule has 2 rings (SSSR count). The van der Waals surface area contributed by atoms with Gasteiger partial charge in [0, 0.05) is 16.5 Å². The van der Waals surface area contributed by atoms with Gasteiger partial charge in [0.25, 0.3) is 0 Å². The van der Waals surface area contributed by atoms with Gasteiger partial charge < -0.3 is 0 Å². The van der Waals surface area contributed by atoms with Crippen LogP contribution in [0.2, 0.25) is 5.02 Å². The third kappa shape index (κ3) is 2.76. The maximum atomic E-state index is 6.45. The number of benzene rings is 1. The summed E-state index contributed by atoms with van der Waals surface area (Å²) in [4.78, 5) is 4.89. The Balaban J connectivity index is 2.84. The molecule has 102 valence electrons. The maximum absolute atomic E-state index is 6.45. The van der Waals surface area contributed by atoms with E-state index >= 15 is 0 Å². The van der Waals surface area contributed by atoms with E-state index in [9.17, 15) is 0 Å². The van der Waals surface area contributed by atoms with Gasteiger partial charge in [0.2, 0.25) is 0 Å². The molecule has 1 aromatic heterocycles. The fourth-order valence-electron chi connectivity index (χ4n) is 2.20. The number of nitrogens with zero attached hydrogens (tertiary/aromatic N) is 1. The van der Waals surface area contributed by atoms with E-state index in [0.717, 1.165) is 21.6 Å². The van der Waals surface area contributed by atoms with Gasteiger partial charge in [-0.15, -0.1) is 0 Å². The highest BCUT2D eigenvalue weighted by Crippen LogP contribution is 2.34. The van der Waals surface area contributed by atoms with Crippen LogP contribution in [0.5, 0.6) is 0 Å². The summed E-state index contributed by atoms with van der Waals surface area (Å²) in [5.74, 6) is 0. The molecule has 2 aromatic rings. The number of hydrogen-bond donors (Lipinski definition) is 0. The molecule has 1 aromatic carbocycles. The molecule has 1 heterocycles. The highest BCUT2D eigenvalue weighted by molar-refractivity contribution is 6.35. The summed E-state index contributed by atoms with van der Waals surface area (Å²) in [6, 6.07) is 8.26. The number of aromatic nitrogens is 1. The molecule has 0 spiro atoms. The summed E-state index contributed by atoms with van der Waals surface area (Å²) in [5, 5.41) is 1.84. The van der Waals surface area contributed by atoms with Crippen LogP contribution in [0.1, 0.15) is 52.8 Å². The first-order valence-corrected chi connectivity index (χ1v) is 7.09. The highest BCUT2D eigenvalue weighted by atomic mass is 35.5. The first kappa shape index (κ1) is 14.3. The van der Waals surface area contributed by atoms with Crippen molar-refractivity contribution in [2.45, 2.75) is 52.4 Å². The summed E-state index contributed by atoms with van der Waals surface area (Å²) in [5.41, 5.74) is 3.39. The van der Waals surface area contributed by atoms with Crippen LogP contribution < -0.4 is 0 Å². The van der Waals surface area contributed by atoms with Gasteiger partial charge in [0.05, 0.1) is 10.5 Å². The van der Waals surface area contributed by atoms with Crippen molar-refractivity contribution in [3.8, 4) is 0 Å². The standard InChI is InChI=1S/C17H22ClN/c1-16(2,3)12-9-7-8-11-13(18)10-14(17(4,5)6)19-15(11)12/h7-10H,1-6H3. The summed E-state index contributed by atoms with van der Waals surface area (Å²) in [6.45, 7) is 13.1. The van der Waals surface area contributed by atoms with Crippen molar-refractivity contribution < 1.29 is 0 Å². The average Bonchev–Trinajstić information content (AvgIpc) is 2.25. The van der Waals surface area contributed by atoms with Crippen LogP contribution >= 0.6 is 11.6 Å². The van der Waals surface area contributed by atoms with Crippen molar-refractivity contribution in [1.82, 2.24) is 4.98 Å². The zero-order valence-corrected chi connectivity index (χ0v) is 13.4. The molecule has 0 fully saturated rings. The molecular weight excluding hydrogens is 254 g/mol. The SMILES string of the molecule is CC(C)(C)c1cc(Cl)c2cccc(C(C)(C)C)c2n1. The Morgan fingerprint density at radius 1 is 0.947 bits per heavy atom. The van der Waals surface area contributed by atoms with Crippen molar-refractivity contribution in [2.75, 3.05) is 0 Å². The first-order valence-electron chi connectivity index (χ1n) is 6.71. The molecule has 0 bridgehead atoms. The van der Waals surface area contributed by atoms with E-state index in [2.05, 4.69) is 53.7 Å². The van der Waals surface area contributed by atoms with Gasteiger partial charge in [-0.25, -0.2) is 0 Å². The molecule has 0 aliphatic carbocycles. The van der Waals surface area contributed by atoms with Gasteiger partial charge in [0.15, 0.2) is 0 Å². The molecule has 0 amide bonds. The molecule has 1 nitrogen and oxygen atoms in total. The number of para-hydroxylation sites is 1. The minimum Gasteiger partial charge on any atom is -0.252 e. The molecule has 0 saturated carbocycles. The predicted octanol–water partition coefficient (Wildman–Crippen LogP) is 5.48. The second-order valence-electron chi connectivity index (χ2n) is 7.19. The lowest BCUT2D eigenvalue weighted by Crippen LogP contribution is -2.16. The predicted molar refractivity (Wildman–Crippen MR) is 84.2 cm³/mol. The molecule has 0 atom stereocenters. The minimum atomic E-state index is 0.00280. The monoisotopic (exact) mass is 275 g/mol. The summed E-state index contributed by atoms with van der Waals surface area (Å²) >= 11 is 6.45. The molecule has 19 heavy (non-hydrogen) atoms. The van der Waals surface area contributed by atoms with Crippen molar-refractivity contribution in [3.05, 3.63) is 40.5 Å². The van der Waals surface area contributed by atoms with E-state index in [4.69, 9.17) is 16.6 Å². The van der Waals surface area contributed by atoms with Crippen molar-refractivity contribution in [3.63, 3.8) is 0 Å². The molecule has 2 heteroatoms. The van der Waals surface area contributed by atoms with Gasteiger partial charge in [-0.3, -0.25) is 4.98 Å². The van der Waals surface area contributed by atoms with Gasteiger partial charge in [-0.1, -0.05) is 71.3 Å². The Morgan fingerprint density at radius 2 is 1.58 bits per heavy atom. The van der Waals surface area contributed by atoms with Crippen LogP contribution in [0.3, 0.4) is 0 Å². The van der Waals surface area contributed by atoms with Crippen LogP contribution in [0.25, 0.3) is 10.9 Å². The minimum absolute atomic E-state index is 0.00280. The topological polar surface area (TPSA) is 12.9 Å². The van der Waals surface area contributed by atoms with Crippen molar-refractivity contribution in [2.24, 2.45) is 0 Å². The number of fused-ring (bicyclic) bond motifs is 1. The number of hydrogen-bond acceptors (Lipinski definition) is 1. The van der Waals surface area contributed by atoms with Gasteiger partial charge in [-0.2, -0.15) is 0 Å². The van der Waals surface area contributed by atoms with Crippen molar-refractivity contribution in [1.29, 1.82) is 0 Å². The normalized spacial score (nSPS) is 13.0. The Hall–Kier alpha value is -1.08. The lowest BCUT2D eigenvalue weighted by Gasteiger charge is -2.24. The average molecular weight is 276 g/mol. The Bertz CT molecular complexity index is 615. The largest absolute Gasteiger partial charge is 0.252 e. The number of rotatable bonds is 0. The summed E-state index contributed by atoms with van der Waals surface area (Å²) < 4.78 is 0. The third-order valence-corrected chi connectivity index (χ3v) is 3.68. The lowest BCUT2D eigenvalue weighted by molar-refractivity contribution is 0.568. The third-order valence-electron chi connectivity index (χ3n) is 3.37. The van der Waals surface area contributed by atoms with E-state index in [1.54, 1.807) is 0 Å². The zero-order valence-electron chi connectivity index (χ0n) is 12.6. The van der Waals surface area contributed by atoms with Crippen LogP contribution in [0.4, 0.5) is 0 Å². The molecule has 0 radical (unpaired) electrons. The zero-order chi connectivity index (χ0) is 14.4. The molecular formula is C17H22ClN. The van der Waals surface area contributed by atoms with Crippen LogP contribution in [0, 0.1) is 0 Å². The maximum Gasteiger partial charge on any atom is 0.0757 e. The molecule has 0 N–H and O–H groups in total. The van der Waals surface area contributed by atoms with Crippen LogP contribution in [0.15, 0.2) is 24.3 Å². The van der Waals surface area contributed by atoms with E-state index < -0.39 is 0 Å². The Labute approximate surface area is 121 Å². The number of pyridine rings is 1. The van der Waals surface area contributed by atoms with Crippen LogP contribution in [-0.4, -0.2) is 4.98 Å². The summed E-state index contributed by atoms with van der Waals surface area (Å²) in [7, 11) is 0. The van der Waals surface area contributed by atoms with E-state index in [1.165, 1.54) is 5.56 Å². The Morgan fingerprint density at radius 3 is 2.11 bits per heavy atom. The quantitative estimate of drug-likeness (QED) is 0.620.